The average Bonchev–Trinajstić information content (AvgIpc) is 2.64. The maximum atomic E-state index is 13.2. The van der Waals surface area contributed by atoms with Gasteiger partial charge in [0, 0.05) is 17.8 Å². The molecule has 17 heavy (non-hydrogen) atoms. The van der Waals surface area contributed by atoms with Gasteiger partial charge in [0.15, 0.2) is 0 Å². The van der Waals surface area contributed by atoms with Crippen molar-refractivity contribution in [3.8, 4) is 0 Å². The van der Waals surface area contributed by atoms with Crippen molar-refractivity contribution in [3.63, 3.8) is 0 Å². The molecule has 3 heteroatoms. The van der Waals surface area contributed by atoms with Crippen LogP contribution in [-0.4, -0.2) is 12.1 Å². The predicted octanol–water partition coefficient (Wildman–Crippen LogP) is 4.67. The summed E-state index contributed by atoms with van der Waals surface area (Å²) in [6, 6.07) is 3.30. The zero-order valence-corrected chi connectivity index (χ0v) is 12.0. The maximum Gasteiger partial charge on any atom is 0.142 e. The second-order valence-electron chi connectivity index (χ2n) is 4.97. The quantitative estimate of drug-likeness (QED) is 0.653. The van der Waals surface area contributed by atoms with E-state index in [4.69, 9.17) is 11.6 Å². The largest absolute Gasteiger partial charge is 0.366 e. The summed E-state index contributed by atoms with van der Waals surface area (Å²) < 4.78 is 13.2. The second-order valence-corrected chi connectivity index (χ2v) is 5.37. The molecule has 96 valence electrons. The normalized spacial score (nSPS) is 14.2. The van der Waals surface area contributed by atoms with Crippen LogP contribution < -0.4 is 4.90 Å². The Kier molecular flexibility index (Phi) is 4.42. The van der Waals surface area contributed by atoms with Gasteiger partial charge >= 0.3 is 0 Å². The summed E-state index contributed by atoms with van der Waals surface area (Å²) in [6.07, 6.45) is 0.903. The maximum absolute atomic E-state index is 13.2. The third-order valence-corrected chi connectivity index (χ3v) is 3.12. The molecule has 1 aliphatic heterocycles. The van der Waals surface area contributed by atoms with Crippen LogP contribution in [0.2, 0.25) is 5.02 Å². The van der Waals surface area contributed by atoms with Crippen LogP contribution in [0.15, 0.2) is 12.1 Å². The van der Waals surface area contributed by atoms with Gasteiger partial charge in [0.05, 0.1) is 5.02 Å². The van der Waals surface area contributed by atoms with E-state index in [1.54, 1.807) is 12.1 Å². The smallest absolute Gasteiger partial charge is 0.142 e. The summed E-state index contributed by atoms with van der Waals surface area (Å²) >= 11 is 5.81. The molecular formula is C14H21ClFN. The minimum atomic E-state index is -0.314. The average molecular weight is 258 g/mol. The summed E-state index contributed by atoms with van der Waals surface area (Å²) in [7, 11) is 0. The third kappa shape index (κ3) is 2.92. The van der Waals surface area contributed by atoms with E-state index in [1.807, 2.05) is 13.8 Å². The third-order valence-electron chi connectivity index (χ3n) is 2.83. The van der Waals surface area contributed by atoms with Crippen LogP contribution in [0, 0.1) is 5.82 Å². The molecule has 0 aliphatic carbocycles. The van der Waals surface area contributed by atoms with E-state index in [0.717, 1.165) is 24.2 Å². The highest BCUT2D eigenvalue weighted by atomic mass is 35.5. The van der Waals surface area contributed by atoms with Crippen LogP contribution in [0.4, 0.5) is 10.1 Å². The monoisotopic (exact) mass is 257 g/mol. The minimum Gasteiger partial charge on any atom is -0.366 e. The van der Waals surface area contributed by atoms with E-state index >= 15 is 0 Å². The predicted molar refractivity (Wildman–Crippen MR) is 73.6 cm³/mol. The van der Waals surface area contributed by atoms with Crippen LogP contribution >= 0.6 is 11.6 Å². The topological polar surface area (TPSA) is 3.24 Å². The first-order valence-corrected chi connectivity index (χ1v) is 6.53. The van der Waals surface area contributed by atoms with Crippen LogP contribution in [0.5, 0.6) is 0 Å². The molecule has 0 atom stereocenters. The van der Waals surface area contributed by atoms with Crippen molar-refractivity contribution in [2.75, 3.05) is 11.4 Å². The van der Waals surface area contributed by atoms with Crippen LogP contribution in [0.1, 0.15) is 40.2 Å². The zero-order valence-electron chi connectivity index (χ0n) is 11.3. The molecule has 1 aromatic carbocycles. The number of nitrogens with zero attached hydrogens (tertiary/aromatic N) is 1. The number of halogens is 2. The van der Waals surface area contributed by atoms with Gasteiger partial charge in [-0.25, -0.2) is 4.39 Å². The first-order valence-electron chi connectivity index (χ1n) is 6.15. The van der Waals surface area contributed by atoms with Gasteiger partial charge in [-0.05, 0) is 44.9 Å². The molecule has 0 saturated carbocycles. The van der Waals surface area contributed by atoms with Crippen molar-refractivity contribution in [3.05, 3.63) is 28.5 Å². The van der Waals surface area contributed by atoms with Crippen LogP contribution in [0.25, 0.3) is 0 Å². The first kappa shape index (κ1) is 14.3. The van der Waals surface area contributed by atoms with Crippen molar-refractivity contribution in [1.29, 1.82) is 0 Å². The van der Waals surface area contributed by atoms with Gasteiger partial charge in [-0.1, -0.05) is 25.4 Å². The van der Waals surface area contributed by atoms with Crippen molar-refractivity contribution in [2.45, 2.75) is 46.6 Å². The van der Waals surface area contributed by atoms with Gasteiger partial charge in [-0.15, -0.1) is 0 Å². The van der Waals surface area contributed by atoms with Gasteiger partial charge in [-0.3, -0.25) is 0 Å². The highest BCUT2D eigenvalue weighted by molar-refractivity contribution is 6.31. The van der Waals surface area contributed by atoms with E-state index < -0.39 is 0 Å². The molecule has 1 aromatic rings. The lowest BCUT2D eigenvalue weighted by atomic mass is 10.1. The molecule has 0 radical (unpaired) electrons. The molecule has 0 unspecified atom stereocenters. The van der Waals surface area contributed by atoms with Crippen LogP contribution in [0.3, 0.4) is 0 Å². The number of hydrogen-bond acceptors (Lipinski definition) is 1. The standard InChI is InChI=1S/C12H15ClFN.C2H6/c1-12(2,3)15-5-4-8-6-10(14)9(13)7-11(8)15;1-2/h6-7H,4-5H2,1-3H3;1-2H3. The second kappa shape index (κ2) is 5.26. The van der Waals surface area contributed by atoms with Gasteiger partial charge < -0.3 is 4.90 Å². The molecule has 0 N–H and O–H groups in total. The summed E-state index contributed by atoms with van der Waals surface area (Å²) in [5.41, 5.74) is 2.20. The summed E-state index contributed by atoms with van der Waals surface area (Å²) in [4.78, 5) is 2.27. The van der Waals surface area contributed by atoms with Gasteiger partial charge in [-0.2, -0.15) is 0 Å². The van der Waals surface area contributed by atoms with E-state index in [2.05, 4.69) is 25.7 Å². The number of fused-ring (bicyclic) bond motifs is 1. The minimum absolute atomic E-state index is 0.0619. The van der Waals surface area contributed by atoms with Gasteiger partial charge in [0.2, 0.25) is 0 Å². The van der Waals surface area contributed by atoms with Gasteiger partial charge in [0.25, 0.3) is 0 Å². The molecule has 0 bridgehead atoms. The molecule has 1 aliphatic rings. The Labute approximate surface area is 109 Å². The fourth-order valence-electron chi connectivity index (χ4n) is 2.08. The number of anilines is 1. The highest BCUT2D eigenvalue weighted by Gasteiger charge is 2.29. The number of hydrogen-bond donors (Lipinski definition) is 0. The van der Waals surface area contributed by atoms with E-state index in [-0.39, 0.29) is 16.4 Å². The van der Waals surface area contributed by atoms with Crippen molar-refractivity contribution < 1.29 is 4.39 Å². The van der Waals surface area contributed by atoms with Gasteiger partial charge in [0.1, 0.15) is 5.82 Å². The Morgan fingerprint density at radius 2 is 1.82 bits per heavy atom. The fraction of sp³-hybridized carbons (Fsp3) is 0.571. The lowest BCUT2D eigenvalue weighted by molar-refractivity contribution is 0.518. The van der Waals surface area contributed by atoms with E-state index in [1.165, 1.54) is 0 Å². The molecule has 0 spiro atoms. The molecular weight excluding hydrogens is 237 g/mol. The number of rotatable bonds is 0. The fourth-order valence-corrected chi connectivity index (χ4v) is 2.24. The molecule has 2 rings (SSSR count). The first-order chi connectivity index (χ1) is 7.89. The summed E-state index contributed by atoms with van der Waals surface area (Å²) in [5.74, 6) is -0.314. The molecule has 0 amide bonds. The highest BCUT2D eigenvalue weighted by Crippen LogP contribution is 2.36. The van der Waals surface area contributed by atoms with Crippen molar-refractivity contribution >= 4 is 17.3 Å². The lowest BCUT2D eigenvalue weighted by Crippen LogP contribution is -2.40. The SMILES string of the molecule is CC.CC(C)(C)N1CCc2cc(F)c(Cl)cc21. The van der Waals surface area contributed by atoms with E-state index in [0.29, 0.717) is 0 Å². The Bertz CT molecular complexity index is 396. The zero-order chi connectivity index (χ0) is 13.2. The molecule has 0 aromatic heterocycles. The molecule has 0 fully saturated rings. The van der Waals surface area contributed by atoms with E-state index in [9.17, 15) is 4.39 Å². The summed E-state index contributed by atoms with van der Waals surface area (Å²) in [6.45, 7) is 11.4. The Morgan fingerprint density at radius 3 is 2.35 bits per heavy atom. The summed E-state index contributed by atoms with van der Waals surface area (Å²) in [5, 5.41) is 0.213. The van der Waals surface area contributed by atoms with Crippen LogP contribution in [-0.2, 0) is 6.42 Å². The lowest BCUT2D eigenvalue weighted by Gasteiger charge is -2.34. The molecule has 0 saturated heterocycles. The Balaban J connectivity index is 0.000000686. The van der Waals surface area contributed by atoms with Crippen molar-refractivity contribution in [1.82, 2.24) is 0 Å². The van der Waals surface area contributed by atoms with Crippen molar-refractivity contribution in [2.24, 2.45) is 0 Å². The Morgan fingerprint density at radius 1 is 1.24 bits per heavy atom. The number of benzene rings is 1. The molecule has 1 nitrogen and oxygen atoms in total. The molecule has 1 heterocycles. The Hall–Kier alpha value is -0.760.